The molecule has 0 unspecified atom stereocenters. The molecule has 1 aliphatic rings. The van der Waals surface area contributed by atoms with Crippen LogP contribution in [0.3, 0.4) is 0 Å². The smallest absolute Gasteiger partial charge is 0.0713 e. The monoisotopic (exact) mass is 800 g/mol. The number of aromatic nitrogens is 2. The Kier molecular flexibility index (Phi) is 7.85. The number of hydrogen-bond acceptors (Lipinski definition) is 0. The highest BCUT2D eigenvalue weighted by Crippen LogP contribution is 2.56. The molecule has 0 atom stereocenters. The van der Waals surface area contributed by atoms with Gasteiger partial charge >= 0.3 is 0 Å². The zero-order valence-corrected chi connectivity index (χ0v) is 34.5. The van der Waals surface area contributed by atoms with Crippen molar-refractivity contribution >= 4 is 43.6 Å². The maximum absolute atomic E-state index is 2.49. The molecule has 0 aliphatic heterocycles. The van der Waals surface area contributed by atoms with E-state index in [2.05, 4.69) is 252 Å². The van der Waals surface area contributed by atoms with Crippen LogP contribution in [0, 0.1) is 0 Å². The van der Waals surface area contributed by atoms with Crippen molar-refractivity contribution in [3.63, 3.8) is 0 Å². The summed E-state index contributed by atoms with van der Waals surface area (Å²) in [5.74, 6) is 0. The van der Waals surface area contributed by atoms with E-state index >= 15 is 0 Å². The summed E-state index contributed by atoms with van der Waals surface area (Å²) in [6.45, 7) is 0. The average Bonchev–Trinajstić information content (AvgIpc) is 3.98. The van der Waals surface area contributed by atoms with Gasteiger partial charge in [-0.05, 0) is 110 Å². The van der Waals surface area contributed by atoms with E-state index in [0.29, 0.717) is 0 Å². The van der Waals surface area contributed by atoms with Gasteiger partial charge in [0.25, 0.3) is 0 Å². The molecule has 294 valence electrons. The molecular weight excluding hydrogens is 761 g/mol. The van der Waals surface area contributed by atoms with Gasteiger partial charge in [-0.15, -0.1) is 0 Å². The molecule has 0 spiro atoms. The lowest BCUT2D eigenvalue weighted by Crippen LogP contribution is -2.28. The van der Waals surface area contributed by atoms with Gasteiger partial charge in [0.05, 0.1) is 27.5 Å². The first-order chi connectivity index (χ1) is 31.3. The molecule has 12 aromatic rings. The van der Waals surface area contributed by atoms with Crippen molar-refractivity contribution in [1.29, 1.82) is 0 Å². The van der Waals surface area contributed by atoms with E-state index in [1.165, 1.54) is 99.2 Å². The summed E-state index contributed by atoms with van der Waals surface area (Å²) in [5.41, 5.74) is 19.1. The van der Waals surface area contributed by atoms with Crippen LogP contribution in [-0.4, -0.2) is 9.13 Å². The summed E-state index contributed by atoms with van der Waals surface area (Å²) >= 11 is 0. The number of hydrogen-bond donors (Lipinski definition) is 0. The highest BCUT2D eigenvalue weighted by Gasteiger charge is 2.46. The number of rotatable bonds is 6. The largest absolute Gasteiger partial charge is 0.309 e. The summed E-state index contributed by atoms with van der Waals surface area (Å²) in [6, 6.07) is 89.6. The van der Waals surface area contributed by atoms with Gasteiger partial charge in [0.15, 0.2) is 0 Å². The van der Waals surface area contributed by atoms with Crippen molar-refractivity contribution in [2.75, 3.05) is 0 Å². The van der Waals surface area contributed by atoms with Gasteiger partial charge in [-0.25, -0.2) is 0 Å². The molecule has 13 rings (SSSR count). The number of para-hydroxylation sites is 2. The fourth-order valence-electron chi connectivity index (χ4n) is 10.9. The summed E-state index contributed by atoms with van der Waals surface area (Å²) in [6.07, 6.45) is 0. The molecular formula is C61H40N2. The van der Waals surface area contributed by atoms with Crippen LogP contribution in [0.4, 0.5) is 0 Å². The van der Waals surface area contributed by atoms with Gasteiger partial charge in [0.2, 0.25) is 0 Å². The van der Waals surface area contributed by atoms with Gasteiger partial charge in [0.1, 0.15) is 0 Å². The lowest BCUT2D eigenvalue weighted by Gasteiger charge is -2.34. The van der Waals surface area contributed by atoms with Gasteiger partial charge in [0, 0.05) is 32.9 Å². The van der Waals surface area contributed by atoms with Crippen molar-refractivity contribution in [3.05, 3.63) is 265 Å². The first-order valence-corrected chi connectivity index (χ1v) is 21.8. The Labute approximate surface area is 366 Å². The Morgan fingerprint density at radius 2 is 0.714 bits per heavy atom. The molecule has 0 saturated carbocycles. The first kappa shape index (κ1) is 35.5. The van der Waals surface area contributed by atoms with E-state index < -0.39 is 5.41 Å². The third-order valence-corrected chi connectivity index (χ3v) is 13.6. The van der Waals surface area contributed by atoms with Crippen LogP contribution in [0.15, 0.2) is 243 Å². The summed E-state index contributed by atoms with van der Waals surface area (Å²) in [5, 5.41) is 4.97. The van der Waals surface area contributed by atoms with Crippen LogP contribution in [0.25, 0.3) is 88.4 Å². The van der Waals surface area contributed by atoms with Gasteiger partial charge in [-0.3, -0.25) is 0 Å². The van der Waals surface area contributed by atoms with E-state index in [4.69, 9.17) is 0 Å². The molecule has 63 heavy (non-hydrogen) atoms. The lowest BCUT2D eigenvalue weighted by molar-refractivity contribution is 0.770. The van der Waals surface area contributed by atoms with E-state index in [1.807, 2.05) is 0 Å². The molecule has 0 fully saturated rings. The van der Waals surface area contributed by atoms with Crippen LogP contribution in [0.2, 0.25) is 0 Å². The maximum Gasteiger partial charge on any atom is 0.0713 e. The highest BCUT2D eigenvalue weighted by atomic mass is 15.0. The van der Waals surface area contributed by atoms with Gasteiger partial charge < -0.3 is 9.13 Å². The minimum Gasteiger partial charge on any atom is -0.309 e. The van der Waals surface area contributed by atoms with Crippen molar-refractivity contribution in [3.8, 4) is 44.8 Å². The van der Waals surface area contributed by atoms with Gasteiger partial charge in [-0.2, -0.15) is 0 Å². The molecule has 0 N–H and O–H groups in total. The molecule has 2 nitrogen and oxygen atoms in total. The van der Waals surface area contributed by atoms with E-state index in [0.717, 1.165) is 11.4 Å². The maximum atomic E-state index is 2.49. The predicted molar refractivity (Wildman–Crippen MR) is 263 cm³/mol. The number of fused-ring (bicyclic) bond motifs is 9. The van der Waals surface area contributed by atoms with E-state index in [9.17, 15) is 0 Å². The fraction of sp³-hybridized carbons (Fsp3) is 0.0164. The molecule has 0 radical (unpaired) electrons. The Morgan fingerprint density at radius 3 is 1.37 bits per heavy atom. The molecule has 0 bridgehead atoms. The van der Waals surface area contributed by atoms with Crippen molar-refractivity contribution < 1.29 is 0 Å². The van der Waals surface area contributed by atoms with Crippen LogP contribution < -0.4 is 0 Å². The third-order valence-electron chi connectivity index (χ3n) is 13.6. The third kappa shape index (κ3) is 5.25. The number of nitrogens with zero attached hydrogens (tertiary/aromatic N) is 2. The minimum atomic E-state index is -0.485. The average molecular weight is 801 g/mol. The molecule has 2 aromatic heterocycles. The Balaban J connectivity index is 1.06. The normalized spacial score (nSPS) is 12.9. The van der Waals surface area contributed by atoms with Crippen molar-refractivity contribution in [2.24, 2.45) is 0 Å². The van der Waals surface area contributed by atoms with Crippen LogP contribution >= 0.6 is 0 Å². The molecule has 1 aliphatic carbocycles. The standard InChI is InChI=1S/C61H40N2/c1-4-16-41(17-5-1)42-28-33-48(34-29-42)63-58-37-32-46(61(45-18-6-2-7-19-45)55-25-13-10-22-49(55)50-23-11-14-26-56(50)61)40-54(58)53-36-31-44(39-60(53)63)43-30-35-52-51-24-12-15-27-57(51)62(59(52)38-43)47-20-8-3-9-21-47/h1-40H. The molecule has 0 saturated heterocycles. The zero-order valence-electron chi connectivity index (χ0n) is 34.5. The lowest BCUT2D eigenvalue weighted by atomic mass is 9.67. The van der Waals surface area contributed by atoms with Crippen LogP contribution in [-0.2, 0) is 5.41 Å². The quantitative estimate of drug-likeness (QED) is 0.159. The molecule has 10 aromatic carbocycles. The second-order valence-electron chi connectivity index (χ2n) is 16.8. The van der Waals surface area contributed by atoms with Crippen molar-refractivity contribution in [1.82, 2.24) is 9.13 Å². The predicted octanol–water partition coefficient (Wildman–Crippen LogP) is 15.6. The molecule has 0 amide bonds. The van der Waals surface area contributed by atoms with Crippen LogP contribution in [0.1, 0.15) is 22.3 Å². The summed E-state index contributed by atoms with van der Waals surface area (Å²) in [7, 11) is 0. The Hall–Kier alpha value is -8.20. The Morgan fingerprint density at radius 1 is 0.254 bits per heavy atom. The van der Waals surface area contributed by atoms with Gasteiger partial charge in [-0.1, -0.05) is 188 Å². The number of benzene rings is 10. The van der Waals surface area contributed by atoms with Crippen molar-refractivity contribution in [2.45, 2.75) is 5.41 Å². The second-order valence-corrected chi connectivity index (χ2v) is 16.8. The SMILES string of the molecule is c1ccc(-c2ccc(-n3c4ccc(C5(c6ccccc6)c6ccccc6-c6ccccc65)cc4c4ccc(-c5ccc6c7ccccc7n(-c7ccccc7)c6c5)cc43)cc2)cc1. The summed E-state index contributed by atoms with van der Waals surface area (Å²) < 4.78 is 4.87. The topological polar surface area (TPSA) is 9.86 Å². The summed E-state index contributed by atoms with van der Waals surface area (Å²) in [4.78, 5) is 0. The van der Waals surface area contributed by atoms with E-state index in [-0.39, 0.29) is 0 Å². The highest BCUT2D eigenvalue weighted by molar-refractivity contribution is 6.12. The Bertz CT molecular complexity index is 3660. The first-order valence-electron chi connectivity index (χ1n) is 21.8. The zero-order chi connectivity index (χ0) is 41.5. The molecule has 2 heterocycles. The fourth-order valence-corrected chi connectivity index (χ4v) is 10.9. The van der Waals surface area contributed by atoms with E-state index in [1.54, 1.807) is 0 Å². The molecule has 2 heteroatoms. The van der Waals surface area contributed by atoms with Crippen LogP contribution in [0.5, 0.6) is 0 Å². The second kappa shape index (κ2) is 13.9. The minimum absolute atomic E-state index is 0.485.